The molecule has 2 rings (SSSR count). The van der Waals surface area contributed by atoms with Crippen LogP contribution in [-0.2, 0) is 0 Å². The number of methoxy groups -OCH3 is 1. The largest absolute Gasteiger partial charge is 0.496 e. The highest BCUT2D eigenvalue weighted by Crippen LogP contribution is 2.34. The molecule has 0 atom stereocenters. The molecule has 1 heterocycles. The van der Waals surface area contributed by atoms with Crippen molar-refractivity contribution in [3.05, 3.63) is 23.3 Å². The summed E-state index contributed by atoms with van der Waals surface area (Å²) in [5.41, 5.74) is 1.58. The Kier molecular flexibility index (Phi) is 2.15. The van der Waals surface area contributed by atoms with Gasteiger partial charge in [0.25, 0.3) is 0 Å². The van der Waals surface area contributed by atoms with E-state index in [4.69, 9.17) is 9.47 Å². The number of benzene rings is 1. The van der Waals surface area contributed by atoms with Crippen molar-refractivity contribution in [2.45, 2.75) is 13.3 Å². The lowest BCUT2D eigenvalue weighted by atomic mass is 10.0. The maximum atomic E-state index is 11.5. The van der Waals surface area contributed by atoms with Gasteiger partial charge in [-0.05, 0) is 19.1 Å². The molecule has 3 nitrogen and oxygen atoms in total. The Morgan fingerprint density at radius 3 is 2.93 bits per heavy atom. The summed E-state index contributed by atoms with van der Waals surface area (Å²) in [6.45, 7) is 2.37. The van der Waals surface area contributed by atoms with Crippen LogP contribution in [0.5, 0.6) is 11.5 Å². The predicted molar refractivity (Wildman–Crippen MR) is 52.2 cm³/mol. The fraction of sp³-hybridized carbons (Fsp3) is 0.364. The summed E-state index contributed by atoms with van der Waals surface area (Å²) in [7, 11) is 1.61. The quantitative estimate of drug-likeness (QED) is 0.682. The fourth-order valence-corrected chi connectivity index (χ4v) is 1.68. The zero-order valence-corrected chi connectivity index (χ0v) is 8.29. The van der Waals surface area contributed by atoms with Gasteiger partial charge in [0, 0.05) is 12.0 Å². The molecule has 0 bridgehead atoms. The molecule has 0 amide bonds. The average Bonchev–Trinajstić information content (AvgIpc) is 2.20. The molecule has 0 aromatic heterocycles. The fourth-order valence-electron chi connectivity index (χ4n) is 1.68. The van der Waals surface area contributed by atoms with Crippen molar-refractivity contribution in [3.63, 3.8) is 0 Å². The highest BCUT2D eigenvalue weighted by molar-refractivity contribution is 6.00. The number of carbonyl (C=O) groups excluding carboxylic acids is 1. The highest BCUT2D eigenvalue weighted by atomic mass is 16.5. The lowest BCUT2D eigenvalue weighted by Crippen LogP contribution is -2.16. The molecule has 0 unspecified atom stereocenters. The van der Waals surface area contributed by atoms with Crippen LogP contribution in [0.1, 0.15) is 22.3 Å². The molecule has 0 saturated heterocycles. The number of Topliss-reactive ketones (excluding diaryl/α,β-unsaturated/α-hetero) is 1. The summed E-state index contributed by atoms with van der Waals surface area (Å²) in [6, 6.07) is 3.57. The van der Waals surface area contributed by atoms with Gasteiger partial charge in [0.2, 0.25) is 0 Å². The Labute approximate surface area is 82.6 Å². The second kappa shape index (κ2) is 3.33. The Hall–Kier alpha value is -1.51. The Morgan fingerprint density at radius 1 is 1.43 bits per heavy atom. The molecule has 1 aliphatic rings. The van der Waals surface area contributed by atoms with E-state index in [-0.39, 0.29) is 5.78 Å². The van der Waals surface area contributed by atoms with E-state index in [1.54, 1.807) is 19.2 Å². The third-order valence-electron chi connectivity index (χ3n) is 2.45. The van der Waals surface area contributed by atoms with E-state index in [1.807, 2.05) is 6.92 Å². The van der Waals surface area contributed by atoms with Crippen molar-refractivity contribution in [2.24, 2.45) is 0 Å². The number of carbonyl (C=O) groups is 1. The normalized spacial score (nSPS) is 14.6. The molecular weight excluding hydrogens is 180 g/mol. The summed E-state index contributed by atoms with van der Waals surface area (Å²) in [4.78, 5) is 11.5. The Morgan fingerprint density at radius 2 is 2.21 bits per heavy atom. The molecule has 1 aliphatic heterocycles. The number of ketones is 1. The van der Waals surface area contributed by atoms with Crippen LogP contribution in [0.15, 0.2) is 12.1 Å². The summed E-state index contributed by atoms with van der Waals surface area (Å²) >= 11 is 0. The van der Waals surface area contributed by atoms with Crippen molar-refractivity contribution in [1.29, 1.82) is 0 Å². The molecule has 0 radical (unpaired) electrons. The first-order chi connectivity index (χ1) is 6.74. The summed E-state index contributed by atoms with van der Waals surface area (Å²) in [5, 5.41) is 0. The molecule has 0 spiro atoms. The molecule has 3 heteroatoms. The average molecular weight is 192 g/mol. The van der Waals surface area contributed by atoms with E-state index in [0.29, 0.717) is 24.3 Å². The summed E-state index contributed by atoms with van der Waals surface area (Å²) in [6.07, 6.45) is 0.471. The van der Waals surface area contributed by atoms with Crippen LogP contribution >= 0.6 is 0 Å². The zero-order valence-electron chi connectivity index (χ0n) is 8.29. The lowest BCUT2D eigenvalue weighted by Gasteiger charge is -2.19. The second-order valence-electron chi connectivity index (χ2n) is 3.29. The summed E-state index contributed by atoms with van der Waals surface area (Å²) < 4.78 is 10.6. The molecule has 1 aromatic rings. The number of rotatable bonds is 1. The van der Waals surface area contributed by atoms with Crippen molar-refractivity contribution >= 4 is 5.78 Å². The van der Waals surface area contributed by atoms with Crippen molar-refractivity contribution < 1.29 is 14.3 Å². The van der Waals surface area contributed by atoms with E-state index in [9.17, 15) is 4.79 Å². The van der Waals surface area contributed by atoms with Crippen LogP contribution in [0.4, 0.5) is 0 Å². The van der Waals surface area contributed by atoms with E-state index in [1.165, 1.54) is 0 Å². The van der Waals surface area contributed by atoms with E-state index >= 15 is 0 Å². The van der Waals surface area contributed by atoms with Gasteiger partial charge in [0.05, 0.1) is 19.3 Å². The number of hydrogen-bond donors (Lipinski definition) is 0. The third-order valence-corrected chi connectivity index (χ3v) is 2.45. The monoisotopic (exact) mass is 192 g/mol. The second-order valence-corrected chi connectivity index (χ2v) is 3.29. The minimum Gasteiger partial charge on any atom is -0.496 e. The molecule has 0 aliphatic carbocycles. The van der Waals surface area contributed by atoms with Gasteiger partial charge in [-0.15, -0.1) is 0 Å². The molecule has 14 heavy (non-hydrogen) atoms. The van der Waals surface area contributed by atoms with Crippen LogP contribution < -0.4 is 9.47 Å². The van der Waals surface area contributed by atoms with Gasteiger partial charge in [0.1, 0.15) is 11.5 Å². The van der Waals surface area contributed by atoms with Crippen molar-refractivity contribution in [2.75, 3.05) is 13.7 Å². The van der Waals surface area contributed by atoms with Gasteiger partial charge in [0.15, 0.2) is 5.78 Å². The number of hydrogen-bond acceptors (Lipinski definition) is 3. The maximum Gasteiger partial charge on any atom is 0.170 e. The molecule has 0 fully saturated rings. The molecular formula is C11H12O3. The van der Waals surface area contributed by atoms with Crippen molar-refractivity contribution in [3.8, 4) is 11.5 Å². The van der Waals surface area contributed by atoms with Crippen LogP contribution in [0.25, 0.3) is 0 Å². The van der Waals surface area contributed by atoms with Gasteiger partial charge >= 0.3 is 0 Å². The highest BCUT2D eigenvalue weighted by Gasteiger charge is 2.21. The topological polar surface area (TPSA) is 35.5 Å². The molecule has 1 aromatic carbocycles. The first kappa shape index (κ1) is 9.06. The zero-order chi connectivity index (χ0) is 10.1. The predicted octanol–water partition coefficient (Wildman–Crippen LogP) is 1.97. The van der Waals surface area contributed by atoms with Gasteiger partial charge in [-0.25, -0.2) is 0 Å². The van der Waals surface area contributed by atoms with Crippen LogP contribution in [0.2, 0.25) is 0 Å². The molecule has 0 N–H and O–H groups in total. The van der Waals surface area contributed by atoms with E-state index in [2.05, 4.69) is 0 Å². The molecule has 0 saturated carbocycles. The van der Waals surface area contributed by atoms with Gasteiger partial charge < -0.3 is 9.47 Å². The van der Waals surface area contributed by atoms with Crippen molar-refractivity contribution in [1.82, 2.24) is 0 Å². The smallest absolute Gasteiger partial charge is 0.170 e. The Balaban J connectivity index is 2.57. The minimum absolute atomic E-state index is 0.150. The maximum absolute atomic E-state index is 11.5. The van der Waals surface area contributed by atoms with Crippen LogP contribution in [-0.4, -0.2) is 19.5 Å². The minimum atomic E-state index is 0.150. The lowest BCUT2D eigenvalue weighted by molar-refractivity contribution is 0.0932. The van der Waals surface area contributed by atoms with E-state index < -0.39 is 0 Å². The first-order valence-electron chi connectivity index (χ1n) is 4.57. The van der Waals surface area contributed by atoms with Gasteiger partial charge in [-0.1, -0.05) is 0 Å². The first-order valence-corrected chi connectivity index (χ1v) is 4.57. The van der Waals surface area contributed by atoms with Gasteiger partial charge in [-0.3, -0.25) is 4.79 Å². The van der Waals surface area contributed by atoms with Crippen LogP contribution in [0, 0.1) is 6.92 Å². The standard InChI is InChI=1S/C11H12O3/c1-7-10(13-2)4-3-8-9(12)5-6-14-11(7)8/h3-4H,5-6H2,1-2H3. The van der Waals surface area contributed by atoms with Gasteiger partial charge in [-0.2, -0.15) is 0 Å². The SMILES string of the molecule is COc1ccc2c(c1C)OCCC2=O. The number of fused-ring (bicyclic) bond motifs is 1. The van der Waals surface area contributed by atoms with E-state index in [0.717, 1.165) is 11.3 Å². The molecule has 74 valence electrons. The summed E-state index contributed by atoms with van der Waals surface area (Å²) in [5.74, 6) is 1.59. The van der Waals surface area contributed by atoms with Crippen LogP contribution in [0.3, 0.4) is 0 Å². The third kappa shape index (κ3) is 1.25. The number of ether oxygens (including phenoxy) is 2. The Bertz CT molecular complexity index is 382.